The highest BCUT2D eigenvalue weighted by atomic mass is 16.5. The molecule has 1 aromatic rings. The van der Waals surface area contributed by atoms with Crippen molar-refractivity contribution in [1.82, 2.24) is 15.4 Å². The van der Waals surface area contributed by atoms with E-state index in [1.54, 1.807) is 0 Å². The fraction of sp³-hybridized carbons (Fsp3) is 0.786. The molecule has 1 aromatic heterocycles. The minimum Gasteiger partial charge on any atom is -0.361 e. The molecule has 0 aromatic carbocycles. The largest absolute Gasteiger partial charge is 0.361 e. The smallest absolute Gasteiger partial charge is 0.133 e. The van der Waals surface area contributed by atoms with Crippen molar-refractivity contribution in [1.29, 1.82) is 0 Å². The van der Waals surface area contributed by atoms with E-state index in [1.807, 2.05) is 13.0 Å². The summed E-state index contributed by atoms with van der Waals surface area (Å²) in [5.41, 5.74) is 1.05. The van der Waals surface area contributed by atoms with Gasteiger partial charge < -0.3 is 9.84 Å². The predicted octanol–water partition coefficient (Wildman–Crippen LogP) is 2.34. The normalized spacial score (nSPS) is 25.5. The number of hydrogen-bond acceptors (Lipinski definition) is 4. The Kier molecular flexibility index (Phi) is 4.78. The van der Waals surface area contributed by atoms with Crippen molar-refractivity contribution in [3.05, 3.63) is 17.5 Å². The highest BCUT2D eigenvalue weighted by Gasteiger charge is 2.25. The summed E-state index contributed by atoms with van der Waals surface area (Å²) in [6, 6.07) is 3.34. The summed E-state index contributed by atoms with van der Waals surface area (Å²) >= 11 is 0. The molecule has 1 fully saturated rings. The average molecular weight is 251 g/mol. The van der Waals surface area contributed by atoms with Crippen LogP contribution in [0.15, 0.2) is 10.6 Å². The second kappa shape index (κ2) is 6.34. The van der Waals surface area contributed by atoms with Gasteiger partial charge in [-0.15, -0.1) is 0 Å². The van der Waals surface area contributed by atoms with E-state index in [2.05, 4.69) is 29.2 Å². The van der Waals surface area contributed by atoms with Gasteiger partial charge in [-0.3, -0.25) is 4.90 Å². The Bertz CT molecular complexity index is 364. The Labute approximate surface area is 110 Å². The number of nitrogens with one attached hydrogen (secondary N) is 1. The molecule has 0 aliphatic carbocycles. The summed E-state index contributed by atoms with van der Waals surface area (Å²) in [4.78, 5) is 2.50. The molecule has 1 saturated heterocycles. The molecule has 0 radical (unpaired) electrons. The standard InChI is InChI=1S/C14H25N3O/c1-4-6-15-13-5-7-17(11(2)8-13)10-14-9-12(3)18-16-14/h9,11,13,15H,4-8,10H2,1-3H3. The van der Waals surface area contributed by atoms with Crippen molar-refractivity contribution in [3.8, 4) is 0 Å². The summed E-state index contributed by atoms with van der Waals surface area (Å²) in [6.07, 6.45) is 3.69. The van der Waals surface area contributed by atoms with Crippen LogP contribution in [0, 0.1) is 6.92 Å². The van der Waals surface area contributed by atoms with E-state index in [1.165, 1.54) is 19.3 Å². The lowest BCUT2D eigenvalue weighted by Gasteiger charge is -2.37. The van der Waals surface area contributed by atoms with Crippen LogP contribution in [-0.4, -0.2) is 35.2 Å². The minimum atomic E-state index is 0.616. The molecule has 1 aliphatic heterocycles. The third-order valence-corrected chi connectivity index (χ3v) is 3.74. The van der Waals surface area contributed by atoms with Crippen LogP contribution in [0.5, 0.6) is 0 Å². The van der Waals surface area contributed by atoms with Crippen molar-refractivity contribution in [2.24, 2.45) is 0 Å². The molecule has 2 unspecified atom stereocenters. The van der Waals surface area contributed by atoms with E-state index in [-0.39, 0.29) is 0 Å². The van der Waals surface area contributed by atoms with Crippen molar-refractivity contribution in [2.75, 3.05) is 13.1 Å². The number of aromatic nitrogens is 1. The highest BCUT2D eigenvalue weighted by molar-refractivity contribution is 5.04. The second-order valence-corrected chi connectivity index (χ2v) is 5.42. The summed E-state index contributed by atoms with van der Waals surface area (Å²) in [5, 5.41) is 7.71. The second-order valence-electron chi connectivity index (χ2n) is 5.42. The van der Waals surface area contributed by atoms with Gasteiger partial charge in [-0.1, -0.05) is 12.1 Å². The van der Waals surface area contributed by atoms with Crippen molar-refractivity contribution < 1.29 is 4.52 Å². The molecule has 0 bridgehead atoms. The van der Waals surface area contributed by atoms with Crippen molar-refractivity contribution in [2.45, 2.75) is 58.7 Å². The number of aryl methyl sites for hydroxylation is 1. The van der Waals surface area contributed by atoms with Crippen LogP contribution in [0.25, 0.3) is 0 Å². The maximum Gasteiger partial charge on any atom is 0.133 e. The number of nitrogens with zero attached hydrogens (tertiary/aromatic N) is 2. The average Bonchev–Trinajstić information content (AvgIpc) is 2.75. The fourth-order valence-corrected chi connectivity index (χ4v) is 2.69. The van der Waals surface area contributed by atoms with Gasteiger partial charge in [0.15, 0.2) is 0 Å². The first-order chi connectivity index (χ1) is 8.69. The molecule has 18 heavy (non-hydrogen) atoms. The zero-order valence-electron chi connectivity index (χ0n) is 11.8. The SMILES string of the molecule is CCCNC1CCN(Cc2cc(C)on2)C(C)C1. The van der Waals surface area contributed by atoms with Gasteiger partial charge in [-0.2, -0.15) is 0 Å². The lowest BCUT2D eigenvalue weighted by molar-refractivity contribution is 0.126. The molecule has 4 nitrogen and oxygen atoms in total. The lowest BCUT2D eigenvalue weighted by atomic mass is 9.98. The molecule has 1 N–H and O–H groups in total. The van der Waals surface area contributed by atoms with Gasteiger partial charge in [0.1, 0.15) is 5.76 Å². The molecular weight excluding hydrogens is 226 g/mol. The lowest BCUT2D eigenvalue weighted by Crippen LogP contribution is -2.47. The summed E-state index contributed by atoms with van der Waals surface area (Å²) < 4.78 is 5.13. The molecule has 1 aliphatic rings. The fourth-order valence-electron chi connectivity index (χ4n) is 2.69. The van der Waals surface area contributed by atoms with Crippen LogP contribution in [-0.2, 0) is 6.54 Å². The van der Waals surface area contributed by atoms with Gasteiger partial charge in [0.25, 0.3) is 0 Å². The van der Waals surface area contributed by atoms with Crippen LogP contribution in [0.1, 0.15) is 44.6 Å². The van der Waals surface area contributed by atoms with Crippen LogP contribution in [0.2, 0.25) is 0 Å². The molecule has 2 rings (SSSR count). The molecule has 0 saturated carbocycles. The molecule has 2 heterocycles. The molecule has 2 atom stereocenters. The zero-order valence-corrected chi connectivity index (χ0v) is 11.8. The molecular formula is C14H25N3O. The van der Waals surface area contributed by atoms with E-state index < -0.39 is 0 Å². The zero-order chi connectivity index (χ0) is 13.0. The Morgan fingerprint density at radius 1 is 1.56 bits per heavy atom. The molecule has 0 amide bonds. The Morgan fingerprint density at radius 2 is 2.39 bits per heavy atom. The predicted molar refractivity (Wildman–Crippen MR) is 72.4 cm³/mol. The topological polar surface area (TPSA) is 41.3 Å². The first kappa shape index (κ1) is 13.6. The van der Waals surface area contributed by atoms with Gasteiger partial charge in [-0.25, -0.2) is 0 Å². The van der Waals surface area contributed by atoms with Crippen LogP contribution in [0.4, 0.5) is 0 Å². The highest BCUT2D eigenvalue weighted by Crippen LogP contribution is 2.19. The van der Waals surface area contributed by atoms with Crippen LogP contribution < -0.4 is 5.32 Å². The monoisotopic (exact) mass is 251 g/mol. The molecule has 4 heteroatoms. The maximum absolute atomic E-state index is 5.13. The van der Waals surface area contributed by atoms with Gasteiger partial charge in [-0.05, 0) is 39.7 Å². The maximum atomic E-state index is 5.13. The number of hydrogen-bond donors (Lipinski definition) is 1. The van der Waals surface area contributed by atoms with Crippen LogP contribution >= 0.6 is 0 Å². The Balaban J connectivity index is 1.82. The van der Waals surface area contributed by atoms with Crippen molar-refractivity contribution >= 4 is 0 Å². The Morgan fingerprint density at radius 3 is 3.00 bits per heavy atom. The van der Waals surface area contributed by atoms with E-state index in [0.29, 0.717) is 12.1 Å². The first-order valence-electron chi connectivity index (χ1n) is 7.08. The van der Waals surface area contributed by atoms with Crippen molar-refractivity contribution in [3.63, 3.8) is 0 Å². The van der Waals surface area contributed by atoms with Crippen LogP contribution in [0.3, 0.4) is 0 Å². The van der Waals surface area contributed by atoms with Gasteiger partial charge in [0.2, 0.25) is 0 Å². The van der Waals surface area contributed by atoms with Gasteiger partial charge >= 0.3 is 0 Å². The van der Waals surface area contributed by atoms with E-state index >= 15 is 0 Å². The quantitative estimate of drug-likeness (QED) is 0.872. The third-order valence-electron chi connectivity index (χ3n) is 3.74. The minimum absolute atomic E-state index is 0.616. The number of likely N-dealkylation sites (tertiary alicyclic amines) is 1. The van der Waals surface area contributed by atoms with E-state index in [4.69, 9.17) is 4.52 Å². The number of rotatable bonds is 5. The third kappa shape index (κ3) is 3.56. The first-order valence-corrected chi connectivity index (χ1v) is 7.08. The summed E-state index contributed by atoms with van der Waals surface area (Å²) in [6.45, 7) is 9.68. The molecule has 0 spiro atoms. The van der Waals surface area contributed by atoms with E-state index in [0.717, 1.165) is 31.1 Å². The van der Waals surface area contributed by atoms with Gasteiger partial charge in [0, 0.05) is 31.2 Å². The van der Waals surface area contributed by atoms with Gasteiger partial charge in [0.05, 0.1) is 5.69 Å². The van der Waals surface area contributed by atoms with E-state index in [9.17, 15) is 0 Å². The summed E-state index contributed by atoms with van der Waals surface area (Å²) in [5.74, 6) is 0.900. The summed E-state index contributed by atoms with van der Waals surface area (Å²) in [7, 11) is 0. The molecule has 102 valence electrons. The Hall–Kier alpha value is -0.870. The number of piperidine rings is 1.